The van der Waals surface area contributed by atoms with Crippen molar-refractivity contribution in [3.63, 3.8) is 0 Å². The highest BCUT2D eigenvalue weighted by molar-refractivity contribution is 7.27. The fraction of sp³-hybridized carbons (Fsp3) is 0.214. The number of nitrogens with one attached hydrogen (secondary N) is 1. The van der Waals surface area contributed by atoms with Crippen molar-refractivity contribution >= 4 is 43.6 Å². The van der Waals surface area contributed by atoms with E-state index in [0.29, 0.717) is 22.8 Å². The van der Waals surface area contributed by atoms with Gasteiger partial charge in [-0.1, -0.05) is 67.1 Å². The second kappa shape index (κ2) is 10.4. The van der Waals surface area contributed by atoms with Crippen molar-refractivity contribution in [1.29, 1.82) is 0 Å². The second-order valence-electron chi connectivity index (χ2n) is 8.86. The number of amides is 1. The predicted molar refractivity (Wildman–Crippen MR) is 151 cm³/mol. The summed E-state index contributed by atoms with van der Waals surface area (Å²) in [7, 11) is 2.86. The molecule has 9 heteroatoms. The molecule has 188 valence electrons. The number of aromatic nitrogens is 5. The lowest BCUT2D eigenvalue weighted by atomic mass is 9.85. The van der Waals surface area contributed by atoms with Crippen LogP contribution < -0.4 is 10.6 Å². The fourth-order valence-corrected chi connectivity index (χ4v) is 5.31. The third-order valence-electron chi connectivity index (χ3n) is 6.58. The molecule has 0 saturated heterocycles. The summed E-state index contributed by atoms with van der Waals surface area (Å²) in [6.07, 6.45) is 4.07. The molecule has 1 N–H and O–H groups in total. The number of halogens is 1. The lowest BCUT2D eigenvalue weighted by Crippen LogP contribution is -2.15. The molecular formula is C28H28ClN6OP. The largest absolute Gasteiger partial charge is 0.303 e. The van der Waals surface area contributed by atoms with Crippen LogP contribution in [-0.2, 0) is 13.0 Å². The van der Waals surface area contributed by atoms with Gasteiger partial charge >= 0.3 is 0 Å². The van der Waals surface area contributed by atoms with Crippen LogP contribution in [0.1, 0.15) is 58.2 Å². The van der Waals surface area contributed by atoms with E-state index < -0.39 is 0 Å². The van der Waals surface area contributed by atoms with E-state index >= 15 is 0 Å². The number of pyridine rings is 1. The van der Waals surface area contributed by atoms with Gasteiger partial charge in [0.25, 0.3) is 5.91 Å². The van der Waals surface area contributed by atoms with Gasteiger partial charge in [0.2, 0.25) is 5.95 Å². The lowest BCUT2D eigenvalue weighted by Gasteiger charge is -2.21. The van der Waals surface area contributed by atoms with Crippen LogP contribution in [0, 0.1) is 6.92 Å². The highest BCUT2D eigenvalue weighted by Gasteiger charge is 2.27. The Morgan fingerprint density at radius 1 is 1.11 bits per heavy atom. The number of fused-ring (bicyclic) bond motifs is 1. The molecule has 0 saturated carbocycles. The molecule has 0 fully saturated rings. The van der Waals surface area contributed by atoms with Crippen LogP contribution >= 0.6 is 20.8 Å². The van der Waals surface area contributed by atoms with E-state index in [1.54, 1.807) is 23.3 Å². The minimum absolute atomic E-state index is 0.0805. The zero-order valence-electron chi connectivity index (χ0n) is 20.9. The van der Waals surface area contributed by atoms with E-state index in [-0.39, 0.29) is 17.8 Å². The average Bonchev–Trinajstić information content (AvgIpc) is 3.49. The molecule has 7 nitrogen and oxygen atoms in total. The van der Waals surface area contributed by atoms with Crippen LogP contribution in [0.3, 0.4) is 0 Å². The van der Waals surface area contributed by atoms with Gasteiger partial charge in [-0.3, -0.25) is 14.8 Å². The van der Waals surface area contributed by atoms with Gasteiger partial charge in [-0.25, -0.2) is 9.97 Å². The molecule has 2 unspecified atom stereocenters. The van der Waals surface area contributed by atoms with Crippen molar-refractivity contribution in [2.24, 2.45) is 0 Å². The zero-order valence-corrected chi connectivity index (χ0v) is 22.9. The summed E-state index contributed by atoms with van der Waals surface area (Å²) in [4.78, 5) is 22.4. The maximum absolute atomic E-state index is 13.1. The number of carbonyl (C=O) groups is 1. The van der Waals surface area contributed by atoms with E-state index in [4.69, 9.17) is 16.6 Å². The number of anilines is 1. The normalized spacial score (nSPS) is 12.1. The number of hydrogen-bond donors (Lipinski definition) is 1. The first-order valence-electron chi connectivity index (χ1n) is 12.2. The van der Waals surface area contributed by atoms with Gasteiger partial charge in [0.05, 0.1) is 22.2 Å². The Labute approximate surface area is 223 Å². The summed E-state index contributed by atoms with van der Waals surface area (Å²) in [5.41, 5.74) is 6.55. The molecular weight excluding hydrogens is 503 g/mol. The van der Waals surface area contributed by atoms with Gasteiger partial charge in [-0.2, -0.15) is 0 Å². The molecule has 1 amide bonds. The third kappa shape index (κ3) is 4.77. The predicted octanol–water partition coefficient (Wildman–Crippen LogP) is 5.40. The summed E-state index contributed by atoms with van der Waals surface area (Å²) in [5, 5.41) is 8.42. The first-order chi connectivity index (χ1) is 17.9. The summed E-state index contributed by atoms with van der Waals surface area (Å²) in [6.45, 7) is 6.84. The summed E-state index contributed by atoms with van der Waals surface area (Å²) in [5.74, 6) is -0.214. The Hall–Kier alpha value is -3.54. The maximum Gasteiger partial charge on any atom is 0.261 e. The quantitative estimate of drug-likeness (QED) is 0.286. The number of aryl methyl sites for hydroxylation is 3. The molecule has 3 heterocycles. The number of rotatable bonds is 7. The molecule has 2 aromatic carbocycles. The van der Waals surface area contributed by atoms with Crippen molar-refractivity contribution in [2.75, 3.05) is 5.32 Å². The third-order valence-corrected chi connectivity index (χ3v) is 7.42. The smallest absolute Gasteiger partial charge is 0.261 e. The van der Waals surface area contributed by atoms with E-state index in [9.17, 15) is 4.79 Å². The van der Waals surface area contributed by atoms with Crippen molar-refractivity contribution in [3.05, 3.63) is 106 Å². The lowest BCUT2D eigenvalue weighted by molar-refractivity contribution is 0.102. The minimum Gasteiger partial charge on any atom is -0.303 e. The van der Waals surface area contributed by atoms with Crippen molar-refractivity contribution in [2.45, 2.75) is 39.7 Å². The van der Waals surface area contributed by atoms with E-state index in [1.807, 2.05) is 17.4 Å². The SMILES string of the molecule is CCc1c(C(c2ccccc2C)c2ccccc2P)nc2cc(Cl)c(C(=O)Nc3ncn(CC)n3)cn12. The number of imidazole rings is 1. The monoisotopic (exact) mass is 530 g/mol. The molecule has 37 heavy (non-hydrogen) atoms. The van der Waals surface area contributed by atoms with Gasteiger partial charge in [0.15, 0.2) is 0 Å². The van der Waals surface area contributed by atoms with Crippen LogP contribution in [0.5, 0.6) is 0 Å². The molecule has 0 spiro atoms. The van der Waals surface area contributed by atoms with Crippen molar-refractivity contribution in [1.82, 2.24) is 24.1 Å². The standard InChI is InChI=1S/C28H28ClN6OP/c1-4-22-26(25(18-11-7-6-10-17(18)3)19-12-8-9-13-23(19)37)31-24-14-21(29)20(15-35(22)24)27(36)32-28-30-16-34(5-2)33-28/h6-16,25H,4-5,37H2,1-3H3,(H,32,33,36). The molecule has 2 atom stereocenters. The van der Waals surface area contributed by atoms with Crippen molar-refractivity contribution in [3.8, 4) is 0 Å². The van der Waals surface area contributed by atoms with Gasteiger partial charge in [-0.15, -0.1) is 14.3 Å². The van der Waals surface area contributed by atoms with Crippen molar-refractivity contribution < 1.29 is 4.79 Å². The number of nitrogens with zero attached hydrogens (tertiary/aromatic N) is 5. The number of benzene rings is 2. The highest BCUT2D eigenvalue weighted by Crippen LogP contribution is 2.36. The minimum atomic E-state index is -0.371. The molecule has 5 rings (SSSR count). The Morgan fingerprint density at radius 2 is 1.84 bits per heavy atom. The zero-order chi connectivity index (χ0) is 26.1. The molecule has 0 aliphatic rings. The molecule has 0 radical (unpaired) electrons. The van der Waals surface area contributed by atoms with E-state index in [1.165, 1.54) is 16.7 Å². The summed E-state index contributed by atoms with van der Waals surface area (Å²) >= 11 is 6.60. The number of carbonyl (C=O) groups excluding carboxylic acids is 1. The first kappa shape index (κ1) is 25.1. The van der Waals surface area contributed by atoms with Crippen LogP contribution in [-0.4, -0.2) is 30.1 Å². The van der Waals surface area contributed by atoms with Gasteiger partial charge < -0.3 is 4.40 Å². The maximum atomic E-state index is 13.1. The molecule has 0 aliphatic carbocycles. The Bertz CT molecular complexity index is 1560. The highest BCUT2D eigenvalue weighted by atomic mass is 35.5. The molecule has 0 aliphatic heterocycles. The van der Waals surface area contributed by atoms with Gasteiger partial charge in [0, 0.05) is 24.5 Å². The fourth-order valence-electron chi connectivity index (χ4n) is 4.70. The first-order valence-corrected chi connectivity index (χ1v) is 13.2. The van der Waals surface area contributed by atoms with E-state index in [0.717, 1.165) is 23.1 Å². The second-order valence-corrected chi connectivity index (χ2v) is 9.89. The van der Waals surface area contributed by atoms with Gasteiger partial charge in [0.1, 0.15) is 12.0 Å². The van der Waals surface area contributed by atoms with Crippen LogP contribution in [0.4, 0.5) is 5.95 Å². The van der Waals surface area contributed by atoms with Crippen LogP contribution in [0.25, 0.3) is 5.65 Å². The van der Waals surface area contributed by atoms with E-state index in [2.05, 4.69) is 81.0 Å². The molecule has 3 aromatic heterocycles. The van der Waals surface area contributed by atoms with Crippen LogP contribution in [0.2, 0.25) is 5.02 Å². The summed E-state index contributed by atoms with van der Waals surface area (Å²) in [6, 6.07) is 18.5. The number of hydrogen-bond acceptors (Lipinski definition) is 4. The Morgan fingerprint density at radius 3 is 2.51 bits per heavy atom. The topological polar surface area (TPSA) is 77.1 Å². The summed E-state index contributed by atoms with van der Waals surface area (Å²) < 4.78 is 3.62. The van der Waals surface area contributed by atoms with Crippen LogP contribution in [0.15, 0.2) is 67.1 Å². The molecule has 5 aromatic rings. The Kier molecular flexibility index (Phi) is 7.09. The average molecular weight is 531 g/mol. The Balaban J connectivity index is 1.65. The molecule has 0 bridgehead atoms. The van der Waals surface area contributed by atoms with Gasteiger partial charge in [-0.05, 0) is 42.3 Å².